The number of carbonyl (C=O) groups excluding carboxylic acids is 1. The van der Waals surface area contributed by atoms with Crippen LogP contribution in [0.3, 0.4) is 0 Å². The third-order valence-corrected chi connectivity index (χ3v) is 4.45. The minimum absolute atomic E-state index is 0.183. The van der Waals surface area contributed by atoms with Crippen LogP contribution < -0.4 is 9.64 Å². The van der Waals surface area contributed by atoms with E-state index in [1.165, 1.54) is 5.56 Å². The summed E-state index contributed by atoms with van der Waals surface area (Å²) in [5.41, 5.74) is 2.35. The van der Waals surface area contributed by atoms with Crippen LogP contribution in [0.1, 0.15) is 31.7 Å². The zero-order valence-corrected chi connectivity index (χ0v) is 14.9. The minimum atomic E-state index is -0.183. The lowest BCUT2D eigenvalue weighted by atomic mass is 9.97. The number of imidazole rings is 1. The number of nitrogens with zero attached hydrogens (tertiary/aromatic N) is 3. The maximum Gasteiger partial charge on any atom is 0.325 e. The van der Waals surface area contributed by atoms with Crippen molar-refractivity contribution >= 4 is 11.7 Å². The molecule has 0 saturated heterocycles. The third kappa shape index (κ3) is 4.13. The van der Waals surface area contributed by atoms with Gasteiger partial charge in [-0.2, -0.15) is 0 Å². The van der Waals surface area contributed by atoms with Gasteiger partial charge in [-0.25, -0.2) is 4.98 Å². The Morgan fingerprint density at radius 2 is 2.20 bits per heavy atom. The monoisotopic (exact) mass is 343 g/mol. The summed E-state index contributed by atoms with van der Waals surface area (Å²) < 4.78 is 12.9. The first-order chi connectivity index (χ1) is 12.2. The second kappa shape index (κ2) is 8.05. The molecule has 134 valence electrons. The van der Waals surface area contributed by atoms with Crippen molar-refractivity contribution in [2.45, 2.75) is 32.7 Å². The number of fused-ring (bicyclic) bond motifs is 1. The largest absolute Gasteiger partial charge is 0.494 e. The Morgan fingerprint density at radius 1 is 1.32 bits per heavy atom. The van der Waals surface area contributed by atoms with Gasteiger partial charge in [-0.3, -0.25) is 4.79 Å². The summed E-state index contributed by atoms with van der Waals surface area (Å²) >= 11 is 0. The molecule has 1 aromatic carbocycles. The predicted molar refractivity (Wildman–Crippen MR) is 96.0 cm³/mol. The summed E-state index contributed by atoms with van der Waals surface area (Å²) in [6.07, 6.45) is 6.59. The van der Waals surface area contributed by atoms with E-state index in [1.54, 1.807) is 6.20 Å². The van der Waals surface area contributed by atoms with Crippen molar-refractivity contribution in [2.24, 2.45) is 0 Å². The number of aromatic nitrogens is 2. The van der Waals surface area contributed by atoms with Crippen molar-refractivity contribution in [3.8, 4) is 5.75 Å². The molecule has 1 aliphatic heterocycles. The molecule has 0 amide bonds. The summed E-state index contributed by atoms with van der Waals surface area (Å²) in [4.78, 5) is 18.1. The fourth-order valence-electron chi connectivity index (χ4n) is 3.35. The maximum atomic E-state index is 11.9. The molecule has 2 aromatic rings. The predicted octanol–water partition coefficient (Wildman–Crippen LogP) is 2.84. The van der Waals surface area contributed by atoms with E-state index in [1.807, 2.05) is 32.4 Å². The minimum Gasteiger partial charge on any atom is -0.494 e. The molecule has 0 aliphatic carbocycles. The van der Waals surface area contributed by atoms with Gasteiger partial charge >= 0.3 is 5.97 Å². The molecule has 0 spiro atoms. The normalized spacial score (nSPS) is 15.9. The number of hydrogen-bond acceptors (Lipinski definition) is 5. The molecule has 1 atom stereocenters. The highest BCUT2D eigenvalue weighted by Gasteiger charge is 2.30. The Morgan fingerprint density at radius 3 is 2.92 bits per heavy atom. The van der Waals surface area contributed by atoms with Crippen LogP contribution >= 0.6 is 0 Å². The van der Waals surface area contributed by atoms with E-state index in [9.17, 15) is 4.79 Å². The van der Waals surface area contributed by atoms with Crippen LogP contribution in [-0.4, -0.2) is 41.8 Å². The maximum absolute atomic E-state index is 11.9. The fraction of sp³-hybridized carbons (Fsp3) is 0.474. The molecule has 2 heterocycles. The summed E-state index contributed by atoms with van der Waals surface area (Å²) in [6, 6.07) is 6.14. The Kier molecular flexibility index (Phi) is 5.58. The number of anilines is 1. The summed E-state index contributed by atoms with van der Waals surface area (Å²) in [7, 11) is 0. The number of esters is 1. The molecule has 0 fully saturated rings. The Hall–Kier alpha value is -2.50. The third-order valence-electron chi connectivity index (χ3n) is 4.45. The van der Waals surface area contributed by atoms with Crippen molar-refractivity contribution in [1.29, 1.82) is 0 Å². The zero-order chi connectivity index (χ0) is 17.6. The smallest absolute Gasteiger partial charge is 0.325 e. The molecular formula is C19H25N3O3. The van der Waals surface area contributed by atoms with Gasteiger partial charge < -0.3 is 18.9 Å². The van der Waals surface area contributed by atoms with E-state index in [0.717, 1.165) is 30.9 Å². The fourth-order valence-corrected chi connectivity index (χ4v) is 3.35. The number of ether oxygens (including phenoxy) is 2. The van der Waals surface area contributed by atoms with E-state index in [0.29, 0.717) is 19.1 Å². The first kappa shape index (κ1) is 17.3. The zero-order valence-electron chi connectivity index (χ0n) is 14.9. The molecular weight excluding hydrogens is 318 g/mol. The summed E-state index contributed by atoms with van der Waals surface area (Å²) in [5, 5.41) is 0. The van der Waals surface area contributed by atoms with E-state index >= 15 is 0 Å². The van der Waals surface area contributed by atoms with Crippen LogP contribution in [0.5, 0.6) is 5.75 Å². The van der Waals surface area contributed by atoms with Crippen LogP contribution in [0, 0.1) is 0 Å². The quantitative estimate of drug-likeness (QED) is 0.690. The molecule has 1 aromatic heterocycles. The van der Waals surface area contributed by atoms with Crippen LogP contribution in [-0.2, 0) is 16.1 Å². The van der Waals surface area contributed by atoms with Crippen molar-refractivity contribution < 1.29 is 14.3 Å². The van der Waals surface area contributed by atoms with Gasteiger partial charge in [-0.05, 0) is 44.0 Å². The van der Waals surface area contributed by atoms with Gasteiger partial charge in [0.1, 0.15) is 12.3 Å². The molecule has 1 unspecified atom stereocenters. The Bertz CT molecular complexity index is 700. The van der Waals surface area contributed by atoms with Crippen LogP contribution in [0.2, 0.25) is 0 Å². The van der Waals surface area contributed by atoms with Gasteiger partial charge in [0.2, 0.25) is 0 Å². The highest BCUT2D eigenvalue weighted by atomic mass is 16.5. The van der Waals surface area contributed by atoms with Crippen molar-refractivity contribution in [3.05, 3.63) is 42.5 Å². The van der Waals surface area contributed by atoms with Crippen LogP contribution in [0.4, 0.5) is 5.69 Å². The molecule has 6 heteroatoms. The SMILES string of the molecule is CCOC(=O)CN1CC(CCn2ccnc2)c2cc(OCC)ccc21. The molecule has 0 N–H and O–H groups in total. The second-order valence-electron chi connectivity index (χ2n) is 6.13. The van der Waals surface area contributed by atoms with Crippen LogP contribution in [0.25, 0.3) is 0 Å². The number of carbonyl (C=O) groups is 1. The van der Waals surface area contributed by atoms with Crippen molar-refractivity contribution in [2.75, 3.05) is 31.2 Å². The molecule has 0 radical (unpaired) electrons. The molecule has 0 bridgehead atoms. The average molecular weight is 343 g/mol. The molecule has 0 saturated carbocycles. The number of rotatable bonds is 8. The Balaban J connectivity index is 1.77. The standard InChI is InChI=1S/C19H25N3O3/c1-3-24-16-5-6-18-17(11-16)15(7-9-21-10-8-20-14-21)12-22(18)13-19(23)25-4-2/h5-6,8,10-11,14-15H,3-4,7,9,12-13H2,1-2H3. The van der Waals surface area contributed by atoms with E-state index in [-0.39, 0.29) is 12.5 Å². The van der Waals surface area contributed by atoms with Gasteiger partial charge in [0.25, 0.3) is 0 Å². The number of hydrogen-bond donors (Lipinski definition) is 0. The Labute approximate surface area is 148 Å². The first-order valence-electron chi connectivity index (χ1n) is 8.84. The van der Waals surface area contributed by atoms with E-state index in [4.69, 9.17) is 9.47 Å². The van der Waals surface area contributed by atoms with Gasteiger partial charge in [0.05, 0.1) is 19.5 Å². The topological polar surface area (TPSA) is 56.6 Å². The van der Waals surface area contributed by atoms with Crippen molar-refractivity contribution in [3.63, 3.8) is 0 Å². The van der Waals surface area contributed by atoms with E-state index in [2.05, 4.69) is 26.6 Å². The van der Waals surface area contributed by atoms with Gasteiger partial charge in [0.15, 0.2) is 0 Å². The lowest BCUT2D eigenvalue weighted by Crippen LogP contribution is -2.30. The molecule has 1 aliphatic rings. The van der Waals surface area contributed by atoms with Gasteiger partial charge in [-0.1, -0.05) is 0 Å². The summed E-state index contributed by atoms with van der Waals surface area (Å²) in [6.45, 7) is 6.87. The first-order valence-corrected chi connectivity index (χ1v) is 8.84. The highest BCUT2D eigenvalue weighted by molar-refractivity contribution is 5.78. The van der Waals surface area contributed by atoms with Gasteiger partial charge in [-0.15, -0.1) is 0 Å². The molecule has 6 nitrogen and oxygen atoms in total. The molecule has 25 heavy (non-hydrogen) atoms. The van der Waals surface area contributed by atoms with Crippen LogP contribution in [0.15, 0.2) is 36.9 Å². The lowest BCUT2D eigenvalue weighted by Gasteiger charge is -2.18. The average Bonchev–Trinajstić information content (AvgIpc) is 3.22. The summed E-state index contributed by atoms with van der Waals surface area (Å²) in [5.74, 6) is 1.05. The highest BCUT2D eigenvalue weighted by Crippen LogP contribution is 2.40. The van der Waals surface area contributed by atoms with E-state index < -0.39 is 0 Å². The number of benzene rings is 1. The second-order valence-corrected chi connectivity index (χ2v) is 6.13. The number of aryl methyl sites for hydroxylation is 1. The van der Waals surface area contributed by atoms with Crippen molar-refractivity contribution in [1.82, 2.24) is 9.55 Å². The molecule has 3 rings (SSSR count). The van der Waals surface area contributed by atoms with Gasteiger partial charge in [0, 0.05) is 37.1 Å². The lowest BCUT2D eigenvalue weighted by molar-refractivity contribution is -0.141.